The van der Waals surface area contributed by atoms with Crippen LogP contribution in [0.15, 0.2) is 25.3 Å². The van der Waals surface area contributed by atoms with E-state index in [4.69, 9.17) is 14.9 Å². The average Bonchev–Trinajstić information content (AvgIpc) is 2.42. The third-order valence-corrected chi connectivity index (χ3v) is 1.65. The number of hydrogen-bond acceptors (Lipinski definition) is 4. The second-order valence-corrected chi connectivity index (χ2v) is 3.31. The molecule has 0 amide bonds. The molecule has 0 spiro atoms. The van der Waals surface area contributed by atoms with Gasteiger partial charge in [0.1, 0.15) is 0 Å². The van der Waals surface area contributed by atoms with Gasteiger partial charge in [0.25, 0.3) is 0 Å². The highest BCUT2D eigenvalue weighted by atomic mass is 16.5. The summed E-state index contributed by atoms with van der Waals surface area (Å²) >= 11 is 0. The fourth-order valence-corrected chi connectivity index (χ4v) is 0.917. The first-order valence-electron chi connectivity index (χ1n) is 6.34. The molecule has 4 nitrogen and oxygen atoms in total. The molecule has 18 heavy (non-hydrogen) atoms. The normalized spacial score (nSPS) is 13.6. The Morgan fingerprint density at radius 2 is 1.39 bits per heavy atom. The fraction of sp³-hybridized carbons (Fsp3) is 0.714. The zero-order valence-corrected chi connectivity index (χ0v) is 12.3. The van der Waals surface area contributed by atoms with Gasteiger partial charge in [0.2, 0.25) is 0 Å². The van der Waals surface area contributed by atoms with Crippen molar-refractivity contribution in [3.05, 3.63) is 25.3 Å². The highest BCUT2D eigenvalue weighted by Crippen LogP contribution is 1.93. The maximum atomic E-state index is 7.62. The summed E-state index contributed by atoms with van der Waals surface area (Å²) in [6, 6.07) is 0. The van der Waals surface area contributed by atoms with Crippen LogP contribution in [0.3, 0.4) is 0 Å². The summed E-state index contributed by atoms with van der Waals surface area (Å²) in [6.45, 7) is 17.7. The van der Waals surface area contributed by atoms with Gasteiger partial charge in [-0.3, -0.25) is 4.90 Å². The Kier molecular flexibility index (Phi) is 31.5. The molecular weight excluding hydrogens is 230 g/mol. The lowest BCUT2D eigenvalue weighted by molar-refractivity contribution is 0.0405. The smallest absolute Gasteiger partial charge is 0.0662 e. The van der Waals surface area contributed by atoms with E-state index in [9.17, 15) is 0 Å². The molecule has 1 saturated heterocycles. The predicted octanol–water partition coefficient (Wildman–Crippen LogP) is 1.69. The largest absolute Gasteiger partial charge is 0.394 e. The minimum atomic E-state index is -0.125. The van der Waals surface area contributed by atoms with Crippen molar-refractivity contribution in [2.24, 2.45) is 0 Å². The summed E-state index contributed by atoms with van der Waals surface area (Å²) in [5.41, 5.74) is 0. The third-order valence-electron chi connectivity index (χ3n) is 1.65. The van der Waals surface area contributed by atoms with Crippen LogP contribution in [0, 0.1) is 0 Å². The summed E-state index contributed by atoms with van der Waals surface area (Å²) in [4.78, 5) is 2.39. The maximum absolute atomic E-state index is 7.62. The molecule has 1 fully saturated rings. The van der Waals surface area contributed by atoms with Crippen molar-refractivity contribution in [3.8, 4) is 0 Å². The van der Waals surface area contributed by atoms with Crippen molar-refractivity contribution in [2.75, 3.05) is 46.1 Å². The second kappa shape index (κ2) is 25.2. The number of allylic oxidation sites excluding steroid dienone is 2. The van der Waals surface area contributed by atoms with Gasteiger partial charge < -0.3 is 14.9 Å². The topological polar surface area (TPSA) is 52.9 Å². The number of nitrogens with zero attached hydrogens (tertiary/aromatic N) is 1. The van der Waals surface area contributed by atoms with Crippen LogP contribution >= 0.6 is 0 Å². The van der Waals surface area contributed by atoms with Crippen LogP contribution in [0.5, 0.6) is 0 Å². The van der Waals surface area contributed by atoms with Crippen LogP contribution in [0.2, 0.25) is 0 Å². The molecule has 0 saturated carbocycles. The highest BCUT2D eigenvalue weighted by Gasteiger charge is 2.05. The van der Waals surface area contributed by atoms with Crippen molar-refractivity contribution in [2.45, 2.75) is 20.8 Å². The third kappa shape index (κ3) is 29.5. The Balaban J connectivity index is -0.000000192. The maximum Gasteiger partial charge on any atom is 0.0662 e. The van der Waals surface area contributed by atoms with E-state index in [-0.39, 0.29) is 13.2 Å². The zero-order valence-electron chi connectivity index (χ0n) is 12.3. The fourth-order valence-electron chi connectivity index (χ4n) is 0.917. The first kappa shape index (κ1) is 22.5. The quantitative estimate of drug-likeness (QED) is 0.743. The molecule has 1 aliphatic rings. The molecule has 0 aromatic carbocycles. The van der Waals surface area contributed by atoms with Crippen LogP contribution in [-0.2, 0) is 4.74 Å². The molecule has 1 heterocycles. The Hall–Kier alpha value is -0.680. The minimum absolute atomic E-state index is 0.125. The standard InChI is InChI=1S/C6H13NO.2C3H6.C2H6O2/c1-2-7-3-5-8-6-4-7;2*1-3-2;3-1-2-4/h2-6H2,1H3;2*3H,1H2,2H3;3-4H,1-2H2. The van der Waals surface area contributed by atoms with Gasteiger partial charge in [-0.25, -0.2) is 0 Å². The molecular formula is C14H31NO3. The average molecular weight is 261 g/mol. The Morgan fingerprint density at radius 3 is 1.56 bits per heavy atom. The molecule has 0 atom stereocenters. The van der Waals surface area contributed by atoms with Crippen molar-refractivity contribution in [1.82, 2.24) is 4.90 Å². The molecule has 1 rings (SSSR count). The SMILES string of the molecule is C=CC.C=CC.CCN1CCOCC1.OCCO. The lowest BCUT2D eigenvalue weighted by atomic mass is 10.4. The molecule has 2 N–H and O–H groups in total. The molecule has 0 radical (unpaired) electrons. The molecule has 4 heteroatoms. The van der Waals surface area contributed by atoms with Gasteiger partial charge in [-0.05, 0) is 20.4 Å². The molecule has 110 valence electrons. The molecule has 0 aromatic heterocycles. The molecule has 0 unspecified atom stereocenters. The van der Waals surface area contributed by atoms with Crippen molar-refractivity contribution in [3.63, 3.8) is 0 Å². The van der Waals surface area contributed by atoms with Gasteiger partial charge in [0.05, 0.1) is 26.4 Å². The minimum Gasteiger partial charge on any atom is -0.394 e. The van der Waals surface area contributed by atoms with E-state index < -0.39 is 0 Å². The van der Waals surface area contributed by atoms with E-state index in [0.29, 0.717) is 0 Å². The van der Waals surface area contributed by atoms with Crippen LogP contribution in [0.25, 0.3) is 0 Å². The van der Waals surface area contributed by atoms with Gasteiger partial charge in [0.15, 0.2) is 0 Å². The second-order valence-electron chi connectivity index (χ2n) is 3.31. The van der Waals surface area contributed by atoms with Crippen LogP contribution in [-0.4, -0.2) is 61.2 Å². The lowest BCUT2D eigenvalue weighted by Gasteiger charge is -2.24. The monoisotopic (exact) mass is 261 g/mol. The van der Waals surface area contributed by atoms with E-state index in [1.807, 2.05) is 13.8 Å². The Morgan fingerprint density at radius 1 is 1.06 bits per heavy atom. The van der Waals surface area contributed by atoms with E-state index in [0.717, 1.165) is 26.3 Å². The lowest BCUT2D eigenvalue weighted by Crippen LogP contribution is -2.35. The Labute approximate surface area is 113 Å². The number of likely N-dealkylation sites (N-methyl/N-ethyl adjacent to an activating group) is 1. The zero-order chi connectivity index (χ0) is 14.6. The van der Waals surface area contributed by atoms with Crippen molar-refractivity contribution < 1.29 is 14.9 Å². The highest BCUT2D eigenvalue weighted by molar-refractivity contribution is 4.57. The van der Waals surface area contributed by atoms with Gasteiger partial charge in [-0.1, -0.05) is 19.1 Å². The molecule has 0 aliphatic carbocycles. The summed E-state index contributed by atoms with van der Waals surface area (Å²) in [6.07, 6.45) is 3.50. The van der Waals surface area contributed by atoms with Gasteiger partial charge in [-0.2, -0.15) is 0 Å². The summed E-state index contributed by atoms with van der Waals surface area (Å²) in [5, 5.41) is 15.2. The molecule has 0 bridgehead atoms. The van der Waals surface area contributed by atoms with Gasteiger partial charge in [0, 0.05) is 13.1 Å². The van der Waals surface area contributed by atoms with Gasteiger partial charge in [-0.15, -0.1) is 13.2 Å². The van der Waals surface area contributed by atoms with Crippen LogP contribution in [0.1, 0.15) is 20.8 Å². The first-order chi connectivity index (χ1) is 8.67. The van der Waals surface area contributed by atoms with E-state index >= 15 is 0 Å². The van der Waals surface area contributed by atoms with E-state index in [1.165, 1.54) is 6.54 Å². The summed E-state index contributed by atoms with van der Waals surface area (Å²) < 4.78 is 5.16. The number of rotatable bonds is 2. The Bertz CT molecular complexity index is 138. The number of aliphatic hydroxyl groups excluding tert-OH is 2. The number of aliphatic hydroxyl groups is 2. The molecule has 0 aromatic rings. The van der Waals surface area contributed by atoms with Crippen LogP contribution in [0.4, 0.5) is 0 Å². The van der Waals surface area contributed by atoms with Crippen molar-refractivity contribution >= 4 is 0 Å². The molecule has 1 aliphatic heterocycles. The predicted molar refractivity (Wildman–Crippen MR) is 78.8 cm³/mol. The van der Waals surface area contributed by atoms with E-state index in [1.54, 1.807) is 12.2 Å². The number of morpholine rings is 1. The number of hydrogen-bond donors (Lipinski definition) is 2. The summed E-state index contributed by atoms with van der Waals surface area (Å²) in [7, 11) is 0. The van der Waals surface area contributed by atoms with E-state index in [2.05, 4.69) is 25.0 Å². The summed E-state index contributed by atoms with van der Waals surface area (Å²) in [5.74, 6) is 0. The van der Waals surface area contributed by atoms with Crippen molar-refractivity contribution in [1.29, 1.82) is 0 Å². The first-order valence-corrected chi connectivity index (χ1v) is 6.34. The van der Waals surface area contributed by atoms with Crippen LogP contribution < -0.4 is 0 Å². The number of ether oxygens (including phenoxy) is 1. The van der Waals surface area contributed by atoms with Gasteiger partial charge >= 0.3 is 0 Å².